The van der Waals surface area contributed by atoms with Gasteiger partial charge in [-0.2, -0.15) is 0 Å². The number of rotatable bonds is 8. The molecule has 0 aliphatic heterocycles. The number of thioether (sulfide) groups is 2. The smallest absolute Gasteiger partial charge is 0.222 e. The number of carbonyl (C=O) groups excluding carboxylic acids is 3. The maximum Gasteiger partial charge on any atom is 0.222 e. The molecule has 0 spiro atoms. The van der Waals surface area contributed by atoms with Crippen molar-refractivity contribution in [1.29, 1.82) is 0 Å². The summed E-state index contributed by atoms with van der Waals surface area (Å²) in [5.41, 5.74) is 0. The van der Waals surface area contributed by atoms with Crippen molar-refractivity contribution in [3.8, 4) is 0 Å². The molecule has 0 N–H and O–H groups in total. The largest absolute Gasteiger partial charge is 0.341 e. The van der Waals surface area contributed by atoms with E-state index in [1.54, 1.807) is 4.90 Å². The van der Waals surface area contributed by atoms with Gasteiger partial charge in [0.25, 0.3) is 0 Å². The van der Waals surface area contributed by atoms with Crippen molar-refractivity contribution in [1.82, 2.24) is 4.90 Å². The van der Waals surface area contributed by atoms with Gasteiger partial charge in [0.05, 0.1) is 0 Å². The fraction of sp³-hybridized carbons (Fsp3) is 0.750. The van der Waals surface area contributed by atoms with Crippen LogP contribution in [0.4, 0.5) is 0 Å². The van der Waals surface area contributed by atoms with Gasteiger partial charge >= 0.3 is 0 Å². The summed E-state index contributed by atoms with van der Waals surface area (Å²) in [7, 11) is 0. The lowest BCUT2D eigenvalue weighted by atomic mass is 10.3. The van der Waals surface area contributed by atoms with Crippen LogP contribution >= 0.6 is 23.5 Å². The van der Waals surface area contributed by atoms with Gasteiger partial charge < -0.3 is 4.90 Å². The molecule has 0 aromatic rings. The fourth-order valence-corrected chi connectivity index (χ4v) is 2.53. The predicted octanol–water partition coefficient (Wildman–Crippen LogP) is 2.17. The molecule has 18 heavy (non-hydrogen) atoms. The van der Waals surface area contributed by atoms with Crippen LogP contribution in [0.1, 0.15) is 33.6 Å². The minimum Gasteiger partial charge on any atom is -0.341 e. The molecule has 0 saturated heterocycles. The van der Waals surface area contributed by atoms with Gasteiger partial charge in [-0.1, -0.05) is 30.4 Å². The highest BCUT2D eigenvalue weighted by Crippen LogP contribution is 2.07. The zero-order chi connectivity index (χ0) is 14.0. The molecule has 0 atom stereocenters. The number of carbonyl (C=O) groups is 3. The minimum atomic E-state index is 0.0657. The summed E-state index contributed by atoms with van der Waals surface area (Å²) in [6, 6.07) is 0. The third-order valence-electron chi connectivity index (χ3n) is 2.15. The Labute approximate surface area is 117 Å². The second kappa shape index (κ2) is 10.4. The lowest BCUT2D eigenvalue weighted by Crippen LogP contribution is -2.35. The quantitative estimate of drug-likeness (QED) is 0.686. The molecular formula is C12H21NO3S2. The van der Waals surface area contributed by atoms with Gasteiger partial charge in [-0.3, -0.25) is 14.4 Å². The number of hydrogen-bond acceptors (Lipinski definition) is 5. The second-order valence-corrected chi connectivity index (χ2v) is 6.35. The Hall–Kier alpha value is -0.490. The summed E-state index contributed by atoms with van der Waals surface area (Å²) < 4.78 is 0. The Kier molecular flexibility index (Phi) is 10.2. The molecule has 0 aliphatic rings. The standard InChI is InChI=1S/C12H21NO3S2/c1-4-5-12(16)13(6-8-17-10(2)14)7-9-18-11(3)15/h4-9H2,1-3H3. The molecule has 0 radical (unpaired) electrons. The van der Waals surface area contributed by atoms with Crippen molar-refractivity contribution >= 4 is 39.7 Å². The van der Waals surface area contributed by atoms with Gasteiger partial charge in [-0.05, 0) is 6.42 Å². The third kappa shape index (κ3) is 9.53. The van der Waals surface area contributed by atoms with Crippen LogP contribution in [0.3, 0.4) is 0 Å². The van der Waals surface area contributed by atoms with Gasteiger partial charge in [-0.15, -0.1) is 0 Å². The van der Waals surface area contributed by atoms with E-state index in [-0.39, 0.29) is 16.1 Å². The van der Waals surface area contributed by atoms with Crippen molar-refractivity contribution in [2.45, 2.75) is 33.6 Å². The molecule has 0 fully saturated rings. The molecular weight excluding hydrogens is 270 g/mol. The van der Waals surface area contributed by atoms with Crippen LogP contribution in [0.5, 0.6) is 0 Å². The van der Waals surface area contributed by atoms with Crippen LogP contribution in [-0.4, -0.2) is 45.6 Å². The van der Waals surface area contributed by atoms with E-state index in [0.29, 0.717) is 31.0 Å². The molecule has 0 bridgehead atoms. The lowest BCUT2D eigenvalue weighted by molar-refractivity contribution is -0.130. The van der Waals surface area contributed by atoms with Crippen molar-refractivity contribution < 1.29 is 14.4 Å². The van der Waals surface area contributed by atoms with Gasteiger partial charge in [-0.25, -0.2) is 0 Å². The van der Waals surface area contributed by atoms with Crippen molar-refractivity contribution in [2.75, 3.05) is 24.6 Å². The van der Waals surface area contributed by atoms with E-state index in [9.17, 15) is 14.4 Å². The van der Waals surface area contributed by atoms with Crippen LogP contribution in [-0.2, 0) is 14.4 Å². The minimum absolute atomic E-state index is 0.0657. The molecule has 0 heterocycles. The summed E-state index contributed by atoms with van der Waals surface area (Å²) in [6.07, 6.45) is 1.34. The fourth-order valence-electron chi connectivity index (χ4n) is 1.33. The first kappa shape index (κ1) is 17.5. The monoisotopic (exact) mass is 291 g/mol. The van der Waals surface area contributed by atoms with E-state index in [2.05, 4.69) is 0 Å². The number of nitrogens with zero attached hydrogens (tertiary/aromatic N) is 1. The summed E-state index contributed by atoms with van der Waals surface area (Å²) in [6.45, 7) is 6.15. The lowest BCUT2D eigenvalue weighted by Gasteiger charge is -2.21. The first-order valence-electron chi connectivity index (χ1n) is 6.01. The average Bonchev–Trinajstić information content (AvgIpc) is 2.26. The van der Waals surface area contributed by atoms with Crippen LogP contribution in [0.2, 0.25) is 0 Å². The van der Waals surface area contributed by atoms with E-state index < -0.39 is 0 Å². The van der Waals surface area contributed by atoms with Crippen LogP contribution in [0.15, 0.2) is 0 Å². The molecule has 6 heteroatoms. The van der Waals surface area contributed by atoms with Gasteiger partial charge in [0.2, 0.25) is 5.91 Å². The third-order valence-corrected chi connectivity index (χ3v) is 3.74. The molecule has 1 amide bonds. The molecule has 0 aromatic carbocycles. The molecule has 0 aliphatic carbocycles. The van der Waals surface area contributed by atoms with Crippen molar-refractivity contribution in [2.24, 2.45) is 0 Å². The Morgan fingerprint density at radius 2 is 1.39 bits per heavy atom. The Bertz CT molecular complexity index is 275. The van der Waals surface area contributed by atoms with E-state index in [4.69, 9.17) is 0 Å². The highest BCUT2D eigenvalue weighted by Gasteiger charge is 2.12. The van der Waals surface area contributed by atoms with E-state index in [1.807, 2.05) is 6.92 Å². The first-order chi connectivity index (χ1) is 8.47. The molecule has 104 valence electrons. The maximum absolute atomic E-state index is 11.8. The molecule has 0 saturated carbocycles. The second-order valence-electron chi connectivity index (χ2n) is 3.81. The predicted molar refractivity (Wildman–Crippen MR) is 77.8 cm³/mol. The zero-order valence-corrected chi connectivity index (χ0v) is 12.9. The number of hydrogen-bond donors (Lipinski definition) is 0. The number of amides is 1. The topological polar surface area (TPSA) is 54.5 Å². The van der Waals surface area contributed by atoms with E-state index >= 15 is 0 Å². The van der Waals surface area contributed by atoms with E-state index in [0.717, 1.165) is 6.42 Å². The van der Waals surface area contributed by atoms with Crippen LogP contribution < -0.4 is 0 Å². The molecule has 0 aromatic heterocycles. The van der Waals surface area contributed by atoms with Gasteiger partial charge in [0.1, 0.15) is 0 Å². The first-order valence-corrected chi connectivity index (χ1v) is 7.99. The normalized spacial score (nSPS) is 10.2. The highest BCUT2D eigenvalue weighted by atomic mass is 32.2. The summed E-state index contributed by atoms with van der Waals surface area (Å²) in [4.78, 5) is 35.2. The zero-order valence-electron chi connectivity index (χ0n) is 11.2. The summed E-state index contributed by atoms with van der Waals surface area (Å²) in [5, 5.41) is 0.131. The Balaban J connectivity index is 4.11. The van der Waals surface area contributed by atoms with Crippen LogP contribution in [0, 0.1) is 0 Å². The Morgan fingerprint density at radius 3 is 1.72 bits per heavy atom. The molecule has 0 rings (SSSR count). The van der Waals surface area contributed by atoms with Crippen LogP contribution in [0.25, 0.3) is 0 Å². The summed E-state index contributed by atoms with van der Waals surface area (Å²) >= 11 is 2.46. The van der Waals surface area contributed by atoms with Gasteiger partial charge in [0, 0.05) is 44.9 Å². The Morgan fingerprint density at radius 1 is 0.944 bits per heavy atom. The van der Waals surface area contributed by atoms with Crippen molar-refractivity contribution in [3.63, 3.8) is 0 Å². The van der Waals surface area contributed by atoms with E-state index in [1.165, 1.54) is 37.4 Å². The summed E-state index contributed by atoms with van der Waals surface area (Å²) in [5.74, 6) is 1.34. The molecule has 0 unspecified atom stereocenters. The molecule has 4 nitrogen and oxygen atoms in total. The van der Waals surface area contributed by atoms with Gasteiger partial charge in [0.15, 0.2) is 10.2 Å². The SMILES string of the molecule is CCCC(=O)N(CCSC(C)=O)CCSC(C)=O. The van der Waals surface area contributed by atoms with Crippen molar-refractivity contribution in [3.05, 3.63) is 0 Å². The average molecular weight is 291 g/mol. The highest BCUT2D eigenvalue weighted by molar-refractivity contribution is 8.13. The maximum atomic E-state index is 11.8.